The van der Waals surface area contributed by atoms with E-state index in [1.54, 1.807) is 11.9 Å². The van der Waals surface area contributed by atoms with Gasteiger partial charge in [0.15, 0.2) is 11.6 Å². The fourth-order valence-electron chi connectivity index (χ4n) is 1.43. The van der Waals surface area contributed by atoms with Crippen LogP contribution < -0.4 is 10.6 Å². The van der Waals surface area contributed by atoms with E-state index in [2.05, 4.69) is 9.97 Å². The van der Waals surface area contributed by atoms with Crippen molar-refractivity contribution < 1.29 is 4.39 Å². The molecule has 0 amide bonds. The molecule has 0 saturated heterocycles. The Balaban J connectivity index is 2.93. The predicted octanol–water partition coefficient (Wildman–Crippen LogP) is 0.961. The first-order chi connectivity index (χ1) is 7.06. The number of aryl methyl sites for hydroxylation is 1. The standard InChI is InChI=1S/C10H17FN4/c1-4-8-9(11)10(14-6-13-8)15(3)5-7(2)12/h6-7H,4-5,12H2,1-3H3. The van der Waals surface area contributed by atoms with Crippen LogP contribution in [0.4, 0.5) is 10.2 Å². The fourth-order valence-corrected chi connectivity index (χ4v) is 1.43. The number of halogens is 1. The van der Waals surface area contributed by atoms with Crippen LogP contribution in [0, 0.1) is 5.82 Å². The van der Waals surface area contributed by atoms with E-state index in [-0.39, 0.29) is 11.9 Å². The number of nitrogens with zero attached hydrogens (tertiary/aromatic N) is 3. The van der Waals surface area contributed by atoms with E-state index in [0.717, 1.165) is 0 Å². The van der Waals surface area contributed by atoms with Crippen molar-refractivity contribution in [1.29, 1.82) is 0 Å². The maximum atomic E-state index is 13.8. The average Bonchev–Trinajstić information content (AvgIpc) is 2.17. The van der Waals surface area contributed by atoms with Crippen molar-refractivity contribution in [3.63, 3.8) is 0 Å². The molecular formula is C10H17FN4. The van der Waals surface area contributed by atoms with Crippen molar-refractivity contribution in [3.05, 3.63) is 17.8 Å². The van der Waals surface area contributed by atoms with Gasteiger partial charge in [0.05, 0.1) is 5.69 Å². The van der Waals surface area contributed by atoms with Gasteiger partial charge in [0.25, 0.3) is 0 Å². The SMILES string of the molecule is CCc1ncnc(N(C)CC(C)N)c1F. The monoisotopic (exact) mass is 212 g/mol. The lowest BCUT2D eigenvalue weighted by molar-refractivity contribution is 0.583. The molecule has 1 unspecified atom stereocenters. The molecule has 1 aromatic rings. The molecule has 0 radical (unpaired) electrons. The van der Waals surface area contributed by atoms with Crippen LogP contribution in [0.3, 0.4) is 0 Å². The Bertz CT molecular complexity index is 327. The number of nitrogens with two attached hydrogens (primary N) is 1. The van der Waals surface area contributed by atoms with Gasteiger partial charge < -0.3 is 10.6 Å². The quantitative estimate of drug-likeness (QED) is 0.807. The minimum Gasteiger partial charge on any atom is -0.356 e. The molecular weight excluding hydrogens is 195 g/mol. The first-order valence-electron chi connectivity index (χ1n) is 5.02. The second-order valence-corrected chi connectivity index (χ2v) is 3.67. The Morgan fingerprint density at radius 2 is 2.20 bits per heavy atom. The van der Waals surface area contributed by atoms with Crippen molar-refractivity contribution in [2.75, 3.05) is 18.5 Å². The number of anilines is 1. The van der Waals surface area contributed by atoms with Crippen molar-refractivity contribution >= 4 is 5.82 Å². The fraction of sp³-hybridized carbons (Fsp3) is 0.600. The molecule has 1 aromatic heterocycles. The van der Waals surface area contributed by atoms with Crippen molar-refractivity contribution in [2.45, 2.75) is 26.3 Å². The maximum absolute atomic E-state index is 13.8. The zero-order chi connectivity index (χ0) is 11.4. The lowest BCUT2D eigenvalue weighted by Crippen LogP contribution is -2.34. The van der Waals surface area contributed by atoms with Crippen LogP contribution in [0.1, 0.15) is 19.5 Å². The summed E-state index contributed by atoms with van der Waals surface area (Å²) >= 11 is 0. The molecule has 0 aliphatic rings. The summed E-state index contributed by atoms with van der Waals surface area (Å²) in [5.41, 5.74) is 6.09. The van der Waals surface area contributed by atoms with E-state index < -0.39 is 0 Å². The molecule has 0 aliphatic carbocycles. The smallest absolute Gasteiger partial charge is 0.187 e. The Morgan fingerprint density at radius 3 is 2.73 bits per heavy atom. The van der Waals surface area contributed by atoms with E-state index in [0.29, 0.717) is 24.5 Å². The average molecular weight is 212 g/mol. The number of likely N-dealkylation sites (N-methyl/N-ethyl adjacent to an activating group) is 1. The van der Waals surface area contributed by atoms with Crippen molar-refractivity contribution in [1.82, 2.24) is 9.97 Å². The van der Waals surface area contributed by atoms with Gasteiger partial charge in [0.2, 0.25) is 0 Å². The van der Waals surface area contributed by atoms with Crippen molar-refractivity contribution in [3.8, 4) is 0 Å². The zero-order valence-corrected chi connectivity index (χ0v) is 9.37. The number of hydrogen-bond acceptors (Lipinski definition) is 4. The summed E-state index contributed by atoms with van der Waals surface area (Å²) in [6.07, 6.45) is 1.95. The van der Waals surface area contributed by atoms with E-state index in [1.165, 1.54) is 6.33 Å². The molecule has 1 atom stereocenters. The molecule has 1 rings (SSSR count). The van der Waals surface area contributed by atoms with Gasteiger partial charge >= 0.3 is 0 Å². The van der Waals surface area contributed by atoms with E-state index in [1.807, 2.05) is 13.8 Å². The van der Waals surface area contributed by atoms with Crippen LogP contribution in [0.15, 0.2) is 6.33 Å². The minimum absolute atomic E-state index is 0.0190. The normalized spacial score (nSPS) is 12.6. The summed E-state index contributed by atoms with van der Waals surface area (Å²) in [7, 11) is 1.77. The number of hydrogen-bond donors (Lipinski definition) is 1. The molecule has 15 heavy (non-hydrogen) atoms. The van der Waals surface area contributed by atoms with Crippen LogP contribution in [0.5, 0.6) is 0 Å². The van der Waals surface area contributed by atoms with Gasteiger partial charge in [0.1, 0.15) is 6.33 Å². The predicted molar refractivity (Wildman–Crippen MR) is 58.3 cm³/mol. The Kier molecular flexibility index (Phi) is 3.96. The molecule has 5 heteroatoms. The molecule has 0 spiro atoms. The maximum Gasteiger partial charge on any atom is 0.187 e. The van der Waals surface area contributed by atoms with Crippen LogP contribution in [0.2, 0.25) is 0 Å². The van der Waals surface area contributed by atoms with Gasteiger partial charge in [-0.1, -0.05) is 6.92 Å². The van der Waals surface area contributed by atoms with Gasteiger partial charge in [-0.05, 0) is 13.3 Å². The lowest BCUT2D eigenvalue weighted by atomic mass is 10.3. The highest BCUT2D eigenvalue weighted by Gasteiger charge is 2.14. The molecule has 84 valence electrons. The third kappa shape index (κ3) is 2.86. The molecule has 0 saturated carbocycles. The molecule has 0 bridgehead atoms. The summed E-state index contributed by atoms with van der Waals surface area (Å²) in [6.45, 7) is 4.30. The van der Waals surface area contributed by atoms with Crippen LogP contribution in [-0.4, -0.2) is 29.6 Å². The van der Waals surface area contributed by atoms with E-state index in [4.69, 9.17) is 5.73 Å². The number of aromatic nitrogens is 2. The summed E-state index contributed by atoms with van der Waals surface area (Å²) in [5, 5.41) is 0. The molecule has 0 aliphatic heterocycles. The van der Waals surface area contributed by atoms with E-state index >= 15 is 0 Å². The first-order valence-corrected chi connectivity index (χ1v) is 5.02. The topological polar surface area (TPSA) is 55.0 Å². The number of rotatable bonds is 4. The van der Waals surface area contributed by atoms with Crippen LogP contribution >= 0.6 is 0 Å². The highest BCUT2D eigenvalue weighted by Crippen LogP contribution is 2.16. The highest BCUT2D eigenvalue weighted by atomic mass is 19.1. The second kappa shape index (κ2) is 5.02. The molecule has 0 aromatic carbocycles. The summed E-state index contributed by atoms with van der Waals surface area (Å²) < 4.78 is 13.8. The summed E-state index contributed by atoms with van der Waals surface area (Å²) in [6, 6.07) is -0.0190. The lowest BCUT2D eigenvalue weighted by Gasteiger charge is -2.20. The minimum atomic E-state index is -0.344. The molecule has 2 N–H and O–H groups in total. The summed E-state index contributed by atoms with van der Waals surface area (Å²) in [4.78, 5) is 9.51. The van der Waals surface area contributed by atoms with Crippen LogP contribution in [0.25, 0.3) is 0 Å². The Hall–Kier alpha value is -1.23. The van der Waals surface area contributed by atoms with Gasteiger partial charge in [-0.25, -0.2) is 14.4 Å². The zero-order valence-electron chi connectivity index (χ0n) is 9.37. The third-order valence-corrected chi connectivity index (χ3v) is 2.10. The van der Waals surface area contributed by atoms with Gasteiger partial charge in [-0.15, -0.1) is 0 Å². The van der Waals surface area contributed by atoms with Crippen molar-refractivity contribution in [2.24, 2.45) is 5.73 Å². The Morgan fingerprint density at radius 1 is 1.53 bits per heavy atom. The first kappa shape index (κ1) is 11.8. The summed E-state index contributed by atoms with van der Waals surface area (Å²) in [5.74, 6) is -0.0256. The largest absolute Gasteiger partial charge is 0.356 e. The van der Waals surface area contributed by atoms with Gasteiger partial charge in [0, 0.05) is 19.6 Å². The molecule has 0 fully saturated rings. The van der Waals surface area contributed by atoms with Crippen LogP contribution in [-0.2, 0) is 6.42 Å². The highest BCUT2D eigenvalue weighted by molar-refractivity contribution is 5.40. The van der Waals surface area contributed by atoms with E-state index in [9.17, 15) is 4.39 Å². The molecule has 1 heterocycles. The second-order valence-electron chi connectivity index (χ2n) is 3.67. The third-order valence-electron chi connectivity index (χ3n) is 2.10. The Labute approximate surface area is 89.3 Å². The molecule has 4 nitrogen and oxygen atoms in total. The van der Waals surface area contributed by atoms with Gasteiger partial charge in [-0.2, -0.15) is 0 Å². The van der Waals surface area contributed by atoms with Gasteiger partial charge in [-0.3, -0.25) is 0 Å².